The normalized spacial score (nSPS) is 10.4. The summed E-state index contributed by atoms with van der Waals surface area (Å²) < 4.78 is 5.22. The van der Waals surface area contributed by atoms with Gasteiger partial charge < -0.3 is 15.4 Å². The van der Waals surface area contributed by atoms with Crippen molar-refractivity contribution >= 4 is 17.8 Å². The third-order valence-electron chi connectivity index (χ3n) is 2.85. The van der Waals surface area contributed by atoms with Crippen molar-refractivity contribution in [3.8, 4) is 5.75 Å². The Kier molecular flexibility index (Phi) is 5.92. The fourth-order valence-corrected chi connectivity index (χ4v) is 1.80. The number of rotatable bonds is 7. The molecule has 2 N–H and O–H groups in total. The minimum Gasteiger partial charge on any atom is -0.496 e. The molecule has 0 aliphatic heterocycles. The van der Waals surface area contributed by atoms with Crippen molar-refractivity contribution in [1.29, 1.82) is 0 Å². The molecular weight excluding hydrogens is 280 g/mol. The fourth-order valence-electron chi connectivity index (χ4n) is 1.80. The van der Waals surface area contributed by atoms with Gasteiger partial charge in [0.05, 0.1) is 13.3 Å². The lowest BCUT2D eigenvalue weighted by Crippen LogP contribution is -2.27. The Morgan fingerprint density at radius 3 is 2.91 bits per heavy atom. The summed E-state index contributed by atoms with van der Waals surface area (Å²) in [6, 6.07) is 7.51. The van der Waals surface area contributed by atoms with Gasteiger partial charge in [-0.3, -0.25) is 9.78 Å². The molecule has 0 aliphatic rings. The number of hydrogen-bond donors (Lipinski definition) is 2. The molecule has 6 heteroatoms. The van der Waals surface area contributed by atoms with E-state index in [1.54, 1.807) is 31.8 Å². The van der Waals surface area contributed by atoms with E-state index in [4.69, 9.17) is 4.74 Å². The topological polar surface area (TPSA) is 76.1 Å². The number of carbonyl (C=O) groups excluding carboxylic acids is 1. The van der Waals surface area contributed by atoms with Gasteiger partial charge >= 0.3 is 0 Å². The Labute approximate surface area is 129 Å². The molecule has 1 aromatic heterocycles. The van der Waals surface area contributed by atoms with Crippen LogP contribution in [-0.2, 0) is 4.79 Å². The lowest BCUT2D eigenvalue weighted by Gasteiger charge is -2.05. The van der Waals surface area contributed by atoms with Gasteiger partial charge in [-0.05, 0) is 12.1 Å². The molecule has 0 saturated carbocycles. The van der Waals surface area contributed by atoms with Crippen LogP contribution in [0.4, 0.5) is 5.82 Å². The quantitative estimate of drug-likeness (QED) is 0.601. The maximum absolute atomic E-state index is 11.7. The second-order valence-electron chi connectivity index (χ2n) is 4.38. The molecule has 1 heterocycles. The van der Waals surface area contributed by atoms with Gasteiger partial charge in [0.25, 0.3) is 0 Å². The number of aromatic nitrogens is 2. The molecule has 0 bridgehead atoms. The molecule has 0 fully saturated rings. The molecule has 22 heavy (non-hydrogen) atoms. The number of methoxy groups -OCH3 is 1. The van der Waals surface area contributed by atoms with Gasteiger partial charge in [0.15, 0.2) is 0 Å². The molecule has 0 radical (unpaired) electrons. The molecule has 2 aromatic rings. The number of para-hydroxylation sites is 1. The SMILES string of the molecule is COc1ccccc1C=CC(=O)NCCNc1cnccn1. The van der Waals surface area contributed by atoms with E-state index < -0.39 is 0 Å². The van der Waals surface area contributed by atoms with Crippen molar-refractivity contribution in [3.05, 3.63) is 54.5 Å². The van der Waals surface area contributed by atoms with E-state index in [0.29, 0.717) is 18.9 Å². The summed E-state index contributed by atoms with van der Waals surface area (Å²) >= 11 is 0. The Morgan fingerprint density at radius 2 is 2.14 bits per heavy atom. The van der Waals surface area contributed by atoms with Crippen LogP contribution in [0.2, 0.25) is 0 Å². The van der Waals surface area contributed by atoms with Crippen molar-refractivity contribution < 1.29 is 9.53 Å². The van der Waals surface area contributed by atoms with Gasteiger partial charge in [0.1, 0.15) is 11.6 Å². The highest BCUT2D eigenvalue weighted by atomic mass is 16.5. The molecule has 1 aromatic carbocycles. The highest BCUT2D eigenvalue weighted by Crippen LogP contribution is 2.18. The van der Waals surface area contributed by atoms with E-state index in [9.17, 15) is 4.79 Å². The van der Waals surface area contributed by atoms with Crippen LogP contribution in [-0.4, -0.2) is 36.1 Å². The maximum Gasteiger partial charge on any atom is 0.244 e. The van der Waals surface area contributed by atoms with Gasteiger partial charge in [0.2, 0.25) is 5.91 Å². The molecule has 114 valence electrons. The van der Waals surface area contributed by atoms with Gasteiger partial charge in [-0.1, -0.05) is 18.2 Å². The predicted octanol–water partition coefficient (Wildman–Crippen LogP) is 1.73. The van der Waals surface area contributed by atoms with Crippen LogP contribution in [0.5, 0.6) is 5.75 Å². The third kappa shape index (κ3) is 4.90. The van der Waals surface area contributed by atoms with Crippen molar-refractivity contribution in [1.82, 2.24) is 15.3 Å². The highest BCUT2D eigenvalue weighted by Gasteiger charge is 1.99. The first-order valence-electron chi connectivity index (χ1n) is 6.88. The van der Waals surface area contributed by atoms with E-state index in [1.165, 1.54) is 6.08 Å². The first kappa shape index (κ1) is 15.5. The summed E-state index contributed by atoms with van der Waals surface area (Å²) in [6.45, 7) is 1.07. The van der Waals surface area contributed by atoms with E-state index in [-0.39, 0.29) is 5.91 Å². The average Bonchev–Trinajstić information content (AvgIpc) is 2.58. The lowest BCUT2D eigenvalue weighted by atomic mass is 10.2. The largest absolute Gasteiger partial charge is 0.496 e. The van der Waals surface area contributed by atoms with Gasteiger partial charge in [-0.15, -0.1) is 0 Å². The number of amides is 1. The molecule has 0 spiro atoms. The van der Waals surface area contributed by atoms with Crippen LogP contribution < -0.4 is 15.4 Å². The molecule has 6 nitrogen and oxygen atoms in total. The van der Waals surface area contributed by atoms with Crippen molar-refractivity contribution in [2.24, 2.45) is 0 Å². The van der Waals surface area contributed by atoms with E-state index in [2.05, 4.69) is 20.6 Å². The Bertz CT molecular complexity index is 629. The van der Waals surface area contributed by atoms with Gasteiger partial charge in [-0.25, -0.2) is 4.98 Å². The highest BCUT2D eigenvalue weighted by molar-refractivity contribution is 5.92. The zero-order valence-electron chi connectivity index (χ0n) is 12.3. The minimum absolute atomic E-state index is 0.160. The smallest absolute Gasteiger partial charge is 0.244 e. The Morgan fingerprint density at radius 1 is 1.27 bits per heavy atom. The number of anilines is 1. The van der Waals surface area contributed by atoms with Crippen LogP contribution in [0, 0.1) is 0 Å². The number of nitrogens with zero attached hydrogens (tertiary/aromatic N) is 2. The summed E-state index contributed by atoms with van der Waals surface area (Å²) in [7, 11) is 1.60. The molecule has 0 saturated heterocycles. The minimum atomic E-state index is -0.160. The van der Waals surface area contributed by atoms with Crippen LogP contribution in [0.3, 0.4) is 0 Å². The molecule has 2 rings (SSSR count). The summed E-state index contributed by atoms with van der Waals surface area (Å²) in [4.78, 5) is 19.8. The summed E-state index contributed by atoms with van der Waals surface area (Å²) in [5.41, 5.74) is 0.859. The second-order valence-corrected chi connectivity index (χ2v) is 4.38. The Balaban J connectivity index is 1.75. The molecule has 0 atom stereocenters. The first-order valence-corrected chi connectivity index (χ1v) is 6.88. The molecule has 1 amide bonds. The zero-order valence-corrected chi connectivity index (χ0v) is 12.3. The zero-order chi connectivity index (χ0) is 15.6. The summed E-state index contributed by atoms with van der Waals surface area (Å²) in [5, 5.41) is 5.84. The standard InChI is InChI=1S/C16H18N4O2/c1-22-14-5-3-2-4-13(14)6-7-16(21)20-11-10-19-15-12-17-8-9-18-15/h2-9,12H,10-11H2,1H3,(H,18,19)(H,20,21). The van der Waals surface area contributed by atoms with Crippen molar-refractivity contribution in [2.45, 2.75) is 0 Å². The number of benzene rings is 1. The van der Waals surface area contributed by atoms with Crippen LogP contribution in [0.1, 0.15) is 5.56 Å². The third-order valence-corrected chi connectivity index (χ3v) is 2.85. The fraction of sp³-hybridized carbons (Fsp3) is 0.188. The summed E-state index contributed by atoms with van der Waals surface area (Å²) in [6.07, 6.45) is 8.06. The second kappa shape index (κ2) is 8.41. The number of hydrogen-bond acceptors (Lipinski definition) is 5. The Hall–Kier alpha value is -2.89. The molecule has 0 aliphatic carbocycles. The van der Waals surface area contributed by atoms with Crippen molar-refractivity contribution in [2.75, 3.05) is 25.5 Å². The number of nitrogens with one attached hydrogen (secondary N) is 2. The number of ether oxygens (including phenoxy) is 1. The van der Waals surface area contributed by atoms with E-state index >= 15 is 0 Å². The number of carbonyl (C=O) groups is 1. The maximum atomic E-state index is 11.7. The predicted molar refractivity (Wildman–Crippen MR) is 85.6 cm³/mol. The lowest BCUT2D eigenvalue weighted by molar-refractivity contribution is -0.116. The van der Waals surface area contributed by atoms with Crippen LogP contribution in [0.15, 0.2) is 48.9 Å². The van der Waals surface area contributed by atoms with Crippen LogP contribution in [0.25, 0.3) is 6.08 Å². The van der Waals surface area contributed by atoms with Crippen molar-refractivity contribution in [3.63, 3.8) is 0 Å². The van der Waals surface area contributed by atoms with E-state index in [1.807, 2.05) is 24.3 Å². The monoisotopic (exact) mass is 298 g/mol. The molecule has 0 unspecified atom stereocenters. The van der Waals surface area contributed by atoms with Crippen LogP contribution >= 0.6 is 0 Å². The van der Waals surface area contributed by atoms with Gasteiger partial charge in [-0.2, -0.15) is 0 Å². The van der Waals surface area contributed by atoms with Gasteiger partial charge in [0, 0.05) is 37.1 Å². The van der Waals surface area contributed by atoms with E-state index in [0.717, 1.165) is 11.3 Å². The average molecular weight is 298 g/mol. The summed E-state index contributed by atoms with van der Waals surface area (Å²) in [5.74, 6) is 1.25. The molecular formula is C16H18N4O2. The first-order chi connectivity index (χ1) is 10.8.